The van der Waals surface area contributed by atoms with E-state index in [0.717, 1.165) is 5.56 Å². The van der Waals surface area contributed by atoms with Gasteiger partial charge in [-0.25, -0.2) is 4.79 Å². The molecule has 0 atom stereocenters. The Morgan fingerprint density at radius 1 is 1.00 bits per heavy atom. The van der Waals surface area contributed by atoms with Gasteiger partial charge in [0.25, 0.3) is 5.91 Å². The lowest BCUT2D eigenvalue weighted by molar-refractivity contribution is -0.132. The zero-order valence-corrected chi connectivity index (χ0v) is 15.9. The normalized spacial score (nSPS) is 10.7. The summed E-state index contributed by atoms with van der Waals surface area (Å²) in [5.41, 5.74) is 2.17. The van der Waals surface area contributed by atoms with Crippen LogP contribution < -0.4 is 10.1 Å². The molecule has 2 N–H and O–H groups in total. The lowest BCUT2D eigenvalue weighted by Crippen LogP contribution is -2.27. The third-order valence-electron chi connectivity index (χ3n) is 4.17. The lowest BCUT2D eigenvalue weighted by Gasteiger charge is -2.08. The number of carboxylic acids is 1. The molecular formula is C24H18N2O4. The van der Waals surface area contributed by atoms with Crippen LogP contribution in [0.3, 0.4) is 0 Å². The van der Waals surface area contributed by atoms with Gasteiger partial charge in [-0.1, -0.05) is 42.5 Å². The Balaban J connectivity index is 1.67. The number of ether oxygens (including phenoxy) is 1. The van der Waals surface area contributed by atoms with Gasteiger partial charge in [-0.15, -0.1) is 0 Å². The number of hydrogen-bond acceptors (Lipinski definition) is 4. The fourth-order valence-electron chi connectivity index (χ4n) is 2.66. The van der Waals surface area contributed by atoms with Crippen LogP contribution in [0.15, 0.2) is 84.6 Å². The van der Waals surface area contributed by atoms with Gasteiger partial charge < -0.3 is 15.2 Å². The number of aliphatic carboxylic acids is 1. The highest BCUT2D eigenvalue weighted by molar-refractivity contribution is 6.02. The Bertz CT molecular complexity index is 1110. The van der Waals surface area contributed by atoms with Crippen molar-refractivity contribution in [1.82, 2.24) is 5.32 Å². The van der Waals surface area contributed by atoms with Gasteiger partial charge in [0, 0.05) is 5.56 Å². The molecule has 1 amide bonds. The van der Waals surface area contributed by atoms with E-state index in [0.29, 0.717) is 29.0 Å². The second-order valence-electron chi connectivity index (χ2n) is 6.35. The van der Waals surface area contributed by atoms with Crippen LogP contribution in [0.1, 0.15) is 27.0 Å². The molecule has 0 fully saturated rings. The summed E-state index contributed by atoms with van der Waals surface area (Å²) in [5.74, 6) is -1.14. The number of nitrogens with zero attached hydrogens (tertiary/aromatic N) is 1. The minimum atomic E-state index is -1.24. The molecule has 3 rings (SSSR count). The molecule has 0 unspecified atom stereocenters. The predicted molar refractivity (Wildman–Crippen MR) is 111 cm³/mol. The van der Waals surface area contributed by atoms with Gasteiger partial charge in [-0.05, 0) is 53.6 Å². The average Bonchev–Trinajstić information content (AvgIpc) is 2.78. The maximum absolute atomic E-state index is 12.2. The second kappa shape index (κ2) is 9.71. The molecule has 0 heterocycles. The molecule has 30 heavy (non-hydrogen) atoms. The van der Waals surface area contributed by atoms with E-state index in [-0.39, 0.29) is 5.70 Å². The highest BCUT2D eigenvalue weighted by atomic mass is 16.5. The van der Waals surface area contributed by atoms with Crippen molar-refractivity contribution in [2.45, 2.75) is 6.61 Å². The number of carboxylic acid groups (broad SMARTS) is 1. The summed E-state index contributed by atoms with van der Waals surface area (Å²) in [4.78, 5) is 23.7. The molecule has 0 aliphatic carbocycles. The minimum Gasteiger partial charge on any atom is -0.489 e. The van der Waals surface area contributed by atoms with E-state index in [1.807, 2.05) is 6.07 Å². The van der Waals surface area contributed by atoms with Crippen LogP contribution >= 0.6 is 0 Å². The zero-order chi connectivity index (χ0) is 21.3. The van der Waals surface area contributed by atoms with Crippen molar-refractivity contribution >= 4 is 18.0 Å². The van der Waals surface area contributed by atoms with Crippen molar-refractivity contribution in [3.8, 4) is 11.8 Å². The molecule has 3 aromatic carbocycles. The van der Waals surface area contributed by atoms with Crippen LogP contribution in [0.5, 0.6) is 5.75 Å². The van der Waals surface area contributed by atoms with Gasteiger partial charge >= 0.3 is 5.97 Å². The number of carbonyl (C=O) groups excluding carboxylic acids is 1. The summed E-state index contributed by atoms with van der Waals surface area (Å²) in [7, 11) is 0. The van der Waals surface area contributed by atoms with Gasteiger partial charge in [0.2, 0.25) is 0 Å². The van der Waals surface area contributed by atoms with Crippen LogP contribution in [0.4, 0.5) is 0 Å². The molecule has 0 radical (unpaired) electrons. The van der Waals surface area contributed by atoms with Crippen LogP contribution in [-0.2, 0) is 11.4 Å². The van der Waals surface area contributed by atoms with Crippen LogP contribution in [0, 0.1) is 11.3 Å². The fraction of sp³-hybridized carbons (Fsp3) is 0.0417. The molecule has 6 heteroatoms. The number of rotatable bonds is 7. The maximum Gasteiger partial charge on any atom is 0.352 e. The van der Waals surface area contributed by atoms with E-state index in [9.17, 15) is 14.7 Å². The van der Waals surface area contributed by atoms with Crippen molar-refractivity contribution in [2.75, 3.05) is 0 Å². The topological polar surface area (TPSA) is 99.4 Å². The number of carbonyl (C=O) groups is 2. The first-order valence-electron chi connectivity index (χ1n) is 9.08. The number of amides is 1. The molecule has 0 aromatic heterocycles. The summed E-state index contributed by atoms with van der Waals surface area (Å²) in [6.07, 6.45) is 1.38. The van der Waals surface area contributed by atoms with Crippen LogP contribution in [0.2, 0.25) is 0 Å². The van der Waals surface area contributed by atoms with Gasteiger partial charge in [-0.3, -0.25) is 4.79 Å². The molecule has 0 saturated carbocycles. The third-order valence-corrected chi connectivity index (χ3v) is 4.17. The SMILES string of the molecule is N#Cc1cccc(COc2ccc(/C=C(\NC(=O)c3ccccc3)C(=O)O)cc2)c1. The first kappa shape index (κ1) is 20.4. The Labute approximate surface area is 173 Å². The Hall–Kier alpha value is -4.37. The molecule has 0 spiro atoms. The predicted octanol–water partition coefficient (Wildman–Crippen LogP) is 3.99. The largest absolute Gasteiger partial charge is 0.489 e. The van der Waals surface area contributed by atoms with Gasteiger partial charge in [0.05, 0.1) is 11.6 Å². The molecular weight excluding hydrogens is 380 g/mol. The van der Waals surface area contributed by atoms with Gasteiger partial charge in [0.15, 0.2) is 0 Å². The number of benzene rings is 3. The number of nitriles is 1. The van der Waals surface area contributed by atoms with E-state index >= 15 is 0 Å². The first-order chi connectivity index (χ1) is 14.5. The van der Waals surface area contributed by atoms with Crippen molar-refractivity contribution in [3.63, 3.8) is 0 Å². The highest BCUT2D eigenvalue weighted by Crippen LogP contribution is 2.16. The third kappa shape index (κ3) is 5.57. The van der Waals surface area contributed by atoms with Gasteiger partial charge in [-0.2, -0.15) is 5.26 Å². The van der Waals surface area contributed by atoms with Crippen molar-refractivity contribution < 1.29 is 19.4 Å². The van der Waals surface area contributed by atoms with Crippen molar-refractivity contribution in [3.05, 3.63) is 107 Å². The van der Waals surface area contributed by atoms with E-state index < -0.39 is 11.9 Å². The average molecular weight is 398 g/mol. The molecule has 148 valence electrons. The zero-order valence-electron chi connectivity index (χ0n) is 15.9. The van der Waals surface area contributed by atoms with E-state index in [2.05, 4.69) is 11.4 Å². The van der Waals surface area contributed by atoms with Gasteiger partial charge in [0.1, 0.15) is 18.1 Å². The molecule has 0 aliphatic heterocycles. The van der Waals surface area contributed by atoms with E-state index in [1.165, 1.54) is 6.08 Å². The molecule has 3 aromatic rings. The van der Waals surface area contributed by atoms with E-state index in [1.54, 1.807) is 72.8 Å². The summed E-state index contributed by atoms with van der Waals surface area (Å²) in [5, 5.41) is 20.8. The molecule has 6 nitrogen and oxygen atoms in total. The van der Waals surface area contributed by atoms with Crippen LogP contribution in [0.25, 0.3) is 6.08 Å². The molecule has 0 saturated heterocycles. The molecule has 0 bridgehead atoms. The quantitative estimate of drug-likeness (QED) is 0.586. The Morgan fingerprint density at radius 3 is 2.40 bits per heavy atom. The highest BCUT2D eigenvalue weighted by Gasteiger charge is 2.13. The Morgan fingerprint density at radius 2 is 1.73 bits per heavy atom. The second-order valence-corrected chi connectivity index (χ2v) is 6.35. The molecule has 0 aliphatic rings. The number of nitrogens with one attached hydrogen (secondary N) is 1. The first-order valence-corrected chi connectivity index (χ1v) is 9.08. The monoisotopic (exact) mass is 398 g/mol. The summed E-state index contributed by atoms with van der Waals surface area (Å²) < 4.78 is 5.71. The smallest absolute Gasteiger partial charge is 0.352 e. The van der Waals surface area contributed by atoms with Crippen molar-refractivity contribution in [1.29, 1.82) is 5.26 Å². The fourth-order valence-corrected chi connectivity index (χ4v) is 2.66. The Kier molecular flexibility index (Phi) is 6.59. The number of hydrogen-bond donors (Lipinski definition) is 2. The van der Waals surface area contributed by atoms with E-state index in [4.69, 9.17) is 10.00 Å². The standard InChI is InChI=1S/C24H18N2O4/c25-15-18-5-4-6-19(13-18)16-30-21-11-9-17(10-12-21)14-22(24(28)29)26-23(27)20-7-2-1-3-8-20/h1-14H,16H2,(H,26,27)(H,28,29)/b22-14-. The lowest BCUT2D eigenvalue weighted by atomic mass is 10.1. The summed E-state index contributed by atoms with van der Waals surface area (Å²) in [6.45, 7) is 0.304. The summed E-state index contributed by atoms with van der Waals surface area (Å²) in [6, 6.07) is 24.4. The minimum absolute atomic E-state index is 0.231. The van der Waals surface area contributed by atoms with Crippen LogP contribution in [-0.4, -0.2) is 17.0 Å². The summed E-state index contributed by atoms with van der Waals surface area (Å²) >= 11 is 0. The maximum atomic E-state index is 12.2. The van der Waals surface area contributed by atoms with Crippen molar-refractivity contribution in [2.24, 2.45) is 0 Å².